The molecule has 1 aromatic carbocycles. The van der Waals surface area contributed by atoms with Crippen molar-refractivity contribution in [1.82, 2.24) is 4.98 Å². The zero-order valence-electron chi connectivity index (χ0n) is 11.0. The van der Waals surface area contributed by atoms with Crippen molar-refractivity contribution in [1.29, 1.82) is 0 Å². The number of hydrogen-bond acceptors (Lipinski definition) is 3. The number of carbonyl (C=O) groups is 1. The molecule has 102 valence electrons. The Morgan fingerprint density at radius 1 is 1.25 bits per heavy atom. The Balaban J connectivity index is 1.88. The number of carboxylic acid groups (broad SMARTS) is 1. The minimum Gasteiger partial charge on any atom is -0.477 e. The molecule has 3 rings (SSSR count). The first-order chi connectivity index (χ1) is 9.75. The van der Waals surface area contributed by atoms with Gasteiger partial charge in [-0.3, -0.25) is 0 Å². The monoisotopic (exact) mass is 269 g/mol. The van der Waals surface area contributed by atoms with Gasteiger partial charge < -0.3 is 9.84 Å². The molecule has 0 atom stereocenters. The second-order valence-corrected chi connectivity index (χ2v) is 4.88. The van der Waals surface area contributed by atoms with Gasteiger partial charge in [0, 0.05) is 6.20 Å². The summed E-state index contributed by atoms with van der Waals surface area (Å²) < 4.78 is 5.62. The lowest BCUT2D eigenvalue weighted by molar-refractivity contribution is 0.0689. The molecule has 1 N–H and O–H groups in total. The first-order valence-corrected chi connectivity index (χ1v) is 6.66. The van der Waals surface area contributed by atoms with Crippen molar-refractivity contribution < 1.29 is 14.6 Å². The van der Waals surface area contributed by atoms with E-state index in [0.717, 1.165) is 36.0 Å². The maximum absolute atomic E-state index is 11.5. The quantitative estimate of drug-likeness (QED) is 0.927. The summed E-state index contributed by atoms with van der Waals surface area (Å²) in [5.74, 6) is -0.735. The Morgan fingerprint density at radius 3 is 2.80 bits per heavy atom. The average Bonchev–Trinajstić information content (AvgIpc) is 2.93. The van der Waals surface area contributed by atoms with Gasteiger partial charge in [0.25, 0.3) is 0 Å². The Bertz CT molecular complexity index is 638. The Morgan fingerprint density at radius 2 is 2.05 bits per heavy atom. The molecular weight excluding hydrogens is 254 g/mol. The van der Waals surface area contributed by atoms with Crippen LogP contribution in [0.15, 0.2) is 36.5 Å². The van der Waals surface area contributed by atoms with Gasteiger partial charge in [-0.2, -0.15) is 0 Å². The molecule has 0 radical (unpaired) electrons. The molecular formula is C16H15NO3. The summed E-state index contributed by atoms with van der Waals surface area (Å²) in [4.78, 5) is 15.7. The van der Waals surface area contributed by atoms with E-state index in [1.807, 2.05) is 30.3 Å². The molecule has 1 aliphatic rings. The van der Waals surface area contributed by atoms with E-state index < -0.39 is 5.97 Å². The number of aryl methyl sites for hydroxylation is 1. The molecule has 4 heteroatoms. The fourth-order valence-electron chi connectivity index (χ4n) is 2.58. The number of carboxylic acids is 1. The normalized spacial score (nSPS) is 13.0. The lowest BCUT2D eigenvalue weighted by atomic mass is 10.1. The lowest BCUT2D eigenvalue weighted by Crippen LogP contribution is -2.09. The third kappa shape index (κ3) is 2.37. The predicted molar refractivity (Wildman–Crippen MR) is 74.0 cm³/mol. The summed E-state index contributed by atoms with van der Waals surface area (Å²) >= 11 is 0. The van der Waals surface area contributed by atoms with Crippen LogP contribution in [0.1, 0.15) is 33.5 Å². The second kappa shape index (κ2) is 5.33. The molecule has 1 aromatic heterocycles. The van der Waals surface area contributed by atoms with Crippen LogP contribution in [0.2, 0.25) is 0 Å². The van der Waals surface area contributed by atoms with E-state index in [1.165, 1.54) is 0 Å². The van der Waals surface area contributed by atoms with Crippen molar-refractivity contribution in [3.8, 4) is 5.88 Å². The highest BCUT2D eigenvalue weighted by Gasteiger charge is 2.24. The fraction of sp³-hybridized carbons (Fsp3) is 0.250. The molecule has 0 spiro atoms. The van der Waals surface area contributed by atoms with Gasteiger partial charge in [-0.1, -0.05) is 30.3 Å². The summed E-state index contributed by atoms with van der Waals surface area (Å²) in [7, 11) is 0. The van der Waals surface area contributed by atoms with E-state index in [-0.39, 0.29) is 11.4 Å². The number of fused-ring (bicyclic) bond motifs is 1. The SMILES string of the molecule is O=C(O)c1c(OCc2ccccc2)ncc2c1CCC2. The predicted octanol–water partition coefficient (Wildman–Crippen LogP) is 2.85. The van der Waals surface area contributed by atoms with Crippen LogP contribution in [0, 0.1) is 0 Å². The van der Waals surface area contributed by atoms with E-state index in [4.69, 9.17) is 4.74 Å². The third-order valence-corrected chi connectivity index (χ3v) is 3.55. The average molecular weight is 269 g/mol. The molecule has 0 amide bonds. The van der Waals surface area contributed by atoms with Gasteiger partial charge in [0.15, 0.2) is 0 Å². The van der Waals surface area contributed by atoms with E-state index in [9.17, 15) is 9.90 Å². The number of nitrogens with zero attached hydrogens (tertiary/aromatic N) is 1. The first-order valence-electron chi connectivity index (χ1n) is 6.66. The molecule has 2 aromatic rings. The number of hydrogen-bond donors (Lipinski definition) is 1. The molecule has 0 fully saturated rings. The van der Waals surface area contributed by atoms with Crippen LogP contribution in [0.25, 0.3) is 0 Å². The fourth-order valence-corrected chi connectivity index (χ4v) is 2.58. The van der Waals surface area contributed by atoms with E-state index in [2.05, 4.69) is 4.98 Å². The smallest absolute Gasteiger partial charge is 0.341 e. The summed E-state index contributed by atoms with van der Waals surface area (Å²) in [6.07, 6.45) is 4.43. The Kier molecular flexibility index (Phi) is 3.37. The summed E-state index contributed by atoms with van der Waals surface area (Å²) in [6, 6.07) is 9.65. The molecule has 1 aliphatic carbocycles. The number of pyridine rings is 1. The standard InChI is InChI=1S/C16H15NO3/c18-16(19)14-13-8-4-7-12(13)9-17-15(14)20-10-11-5-2-1-3-6-11/h1-3,5-6,9H,4,7-8,10H2,(H,18,19). The first kappa shape index (κ1) is 12.7. The van der Waals surface area contributed by atoms with Crippen LogP contribution in [-0.4, -0.2) is 16.1 Å². The molecule has 0 bridgehead atoms. The molecule has 0 aliphatic heterocycles. The van der Waals surface area contributed by atoms with E-state index in [0.29, 0.717) is 6.61 Å². The number of ether oxygens (including phenoxy) is 1. The van der Waals surface area contributed by atoms with E-state index in [1.54, 1.807) is 6.20 Å². The molecule has 1 heterocycles. The van der Waals surface area contributed by atoms with Crippen LogP contribution in [0.3, 0.4) is 0 Å². The van der Waals surface area contributed by atoms with Gasteiger partial charge in [0.05, 0.1) is 0 Å². The minimum atomic E-state index is -0.959. The number of rotatable bonds is 4. The van der Waals surface area contributed by atoms with E-state index >= 15 is 0 Å². The Hall–Kier alpha value is -2.36. The molecule has 0 unspecified atom stereocenters. The zero-order valence-corrected chi connectivity index (χ0v) is 11.0. The molecule has 4 nitrogen and oxygen atoms in total. The van der Waals surface area contributed by atoms with Gasteiger partial charge in [-0.25, -0.2) is 9.78 Å². The van der Waals surface area contributed by atoms with Crippen molar-refractivity contribution in [3.05, 3.63) is 58.8 Å². The summed E-state index contributed by atoms with van der Waals surface area (Å²) in [5, 5.41) is 9.41. The highest BCUT2D eigenvalue weighted by Crippen LogP contribution is 2.30. The summed E-state index contributed by atoms with van der Waals surface area (Å²) in [5.41, 5.74) is 3.15. The topological polar surface area (TPSA) is 59.4 Å². The van der Waals surface area contributed by atoms with Gasteiger partial charge in [0.1, 0.15) is 12.2 Å². The van der Waals surface area contributed by atoms with Gasteiger partial charge >= 0.3 is 5.97 Å². The third-order valence-electron chi connectivity index (χ3n) is 3.55. The van der Waals surface area contributed by atoms with Crippen LogP contribution >= 0.6 is 0 Å². The van der Waals surface area contributed by atoms with Crippen molar-refractivity contribution in [2.45, 2.75) is 25.9 Å². The zero-order chi connectivity index (χ0) is 13.9. The molecule has 0 saturated carbocycles. The lowest BCUT2D eigenvalue weighted by Gasteiger charge is -2.11. The largest absolute Gasteiger partial charge is 0.477 e. The maximum Gasteiger partial charge on any atom is 0.341 e. The van der Waals surface area contributed by atoms with Crippen LogP contribution in [-0.2, 0) is 19.4 Å². The number of benzene rings is 1. The van der Waals surface area contributed by atoms with Crippen molar-refractivity contribution in [3.63, 3.8) is 0 Å². The van der Waals surface area contributed by atoms with Crippen molar-refractivity contribution in [2.75, 3.05) is 0 Å². The number of aromatic carboxylic acids is 1. The van der Waals surface area contributed by atoms with Gasteiger partial charge in [0.2, 0.25) is 5.88 Å². The second-order valence-electron chi connectivity index (χ2n) is 4.88. The van der Waals surface area contributed by atoms with Gasteiger partial charge in [-0.15, -0.1) is 0 Å². The van der Waals surface area contributed by atoms with Crippen molar-refractivity contribution >= 4 is 5.97 Å². The van der Waals surface area contributed by atoms with Crippen molar-refractivity contribution in [2.24, 2.45) is 0 Å². The number of aromatic nitrogens is 1. The minimum absolute atomic E-state index is 0.224. The highest BCUT2D eigenvalue weighted by atomic mass is 16.5. The van der Waals surface area contributed by atoms with Gasteiger partial charge in [-0.05, 0) is 36.0 Å². The van der Waals surface area contributed by atoms with Crippen LogP contribution in [0.5, 0.6) is 5.88 Å². The Labute approximate surface area is 117 Å². The van der Waals surface area contributed by atoms with Crippen LogP contribution in [0.4, 0.5) is 0 Å². The molecule has 20 heavy (non-hydrogen) atoms. The highest BCUT2D eigenvalue weighted by molar-refractivity contribution is 5.92. The summed E-state index contributed by atoms with van der Waals surface area (Å²) in [6.45, 7) is 0.326. The van der Waals surface area contributed by atoms with Crippen LogP contribution < -0.4 is 4.74 Å². The maximum atomic E-state index is 11.5. The molecule has 0 saturated heterocycles.